The number of ketones is 1. The van der Waals surface area contributed by atoms with Gasteiger partial charge in [-0.25, -0.2) is 0 Å². The minimum Gasteiger partial charge on any atom is -0.489 e. The van der Waals surface area contributed by atoms with Crippen LogP contribution in [-0.2, 0) is 6.61 Å². The molecule has 21 heavy (non-hydrogen) atoms. The van der Waals surface area contributed by atoms with Crippen molar-refractivity contribution >= 4 is 29.0 Å². The molecule has 0 bridgehead atoms. The number of benzene rings is 2. The van der Waals surface area contributed by atoms with Crippen LogP contribution >= 0.6 is 23.2 Å². The van der Waals surface area contributed by atoms with Gasteiger partial charge in [0.2, 0.25) is 0 Å². The van der Waals surface area contributed by atoms with Crippen molar-refractivity contribution in [1.29, 1.82) is 0 Å². The van der Waals surface area contributed by atoms with E-state index in [9.17, 15) is 4.79 Å². The van der Waals surface area contributed by atoms with E-state index in [1.807, 2.05) is 43.3 Å². The molecule has 110 valence electrons. The molecule has 2 aromatic rings. The Morgan fingerprint density at radius 1 is 1.14 bits per heavy atom. The summed E-state index contributed by atoms with van der Waals surface area (Å²) in [5.41, 5.74) is 2.65. The molecule has 0 aliphatic rings. The zero-order valence-corrected chi connectivity index (χ0v) is 13.2. The second-order valence-electron chi connectivity index (χ2n) is 4.76. The maximum atomic E-state index is 11.8. The van der Waals surface area contributed by atoms with Crippen LogP contribution in [0.15, 0.2) is 42.5 Å². The summed E-state index contributed by atoms with van der Waals surface area (Å²) in [5, 5.41) is 0.706. The summed E-state index contributed by atoms with van der Waals surface area (Å²) < 4.78 is 5.78. The number of aryl methyl sites for hydroxylation is 1. The van der Waals surface area contributed by atoms with Crippen LogP contribution in [0.5, 0.6) is 5.75 Å². The van der Waals surface area contributed by atoms with E-state index < -0.39 is 0 Å². The average molecular weight is 323 g/mol. The number of ether oxygens (including phenoxy) is 1. The Kier molecular flexibility index (Phi) is 5.66. The molecule has 0 atom stereocenters. The quantitative estimate of drug-likeness (QED) is 0.550. The fourth-order valence-corrected chi connectivity index (χ4v) is 2.25. The summed E-state index contributed by atoms with van der Waals surface area (Å²) in [7, 11) is 0. The van der Waals surface area contributed by atoms with Crippen LogP contribution in [0.4, 0.5) is 0 Å². The van der Waals surface area contributed by atoms with Crippen molar-refractivity contribution in [2.75, 3.05) is 5.88 Å². The Hall–Kier alpha value is -1.51. The van der Waals surface area contributed by atoms with E-state index in [1.54, 1.807) is 6.07 Å². The van der Waals surface area contributed by atoms with Gasteiger partial charge in [0.15, 0.2) is 5.78 Å². The molecular weight excluding hydrogens is 307 g/mol. The number of rotatable bonds is 6. The molecule has 0 aromatic heterocycles. The molecular formula is C17H16Cl2O2. The molecule has 0 spiro atoms. The van der Waals surface area contributed by atoms with Crippen molar-refractivity contribution in [3.63, 3.8) is 0 Å². The molecule has 2 aromatic carbocycles. The lowest BCUT2D eigenvalue weighted by molar-refractivity contribution is 0.0989. The zero-order valence-electron chi connectivity index (χ0n) is 11.7. The number of hydrogen-bond donors (Lipinski definition) is 0. The summed E-state index contributed by atoms with van der Waals surface area (Å²) in [6, 6.07) is 13.0. The van der Waals surface area contributed by atoms with Gasteiger partial charge in [0, 0.05) is 22.9 Å². The molecule has 0 heterocycles. The molecule has 0 saturated carbocycles. The fourth-order valence-electron chi connectivity index (χ4n) is 1.96. The van der Waals surface area contributed by atoms with E-state index in [4.69, 9.17) is 27.9 Å². The second kappa shape index (κ2) is 7.48. The third kappa shape index (κ3) is 4.48. The average Bonchev–Trinajstić information content (AvgIpc) is 2.48. The predicted molar refractivity (Wildman–Crippen MR) is 86.6 cm³/mol. The van der Waals surface area contributed by atoms with Crippen molar-refractivity contribution in [1.82, 2.24) is 0 Å². The van der Waals surface area contributed by atoms with Crippen molar-refractivity contribution in [3.05, 3.63) is 64.2 Å². The van der Waals surface area contributed by atoms with Crippen LogP contribution in [0.3, 0.4) is 0 Å². The van der Waals surface area contributed by atoms with E-state index in [1.165, 1.54) is 0 Å². The minimum atomic E-state index is 0.0531. The van der Waals surface area contributed by atoms with E-state index in [0.717, 1.165) is 16.9 Å². The molecule has 0 amide bonds. The molecule has 0 fully saturated rings. The maximum absolute atomic E-state index is 11.8. The largest absolute Gasteiger partial charge is 0.489 e. The van der Waals surface area contributed by atoms with Crippen LogP contribution in [0.2, 0.25) is 5.02 Å². The number of alkyl halides is 1. The van der Waals surface area contributed by atoms with E-state index in [0.29, 0.717) is 29.5 Å². The Morgan fingerprint density at radius 2 is 1.86 bits per heavy atom. The van der Waals surface area contributed by atoms with Crippen LogP contribution < -0.4 is 4.74 Å². The standard InChI is InChI=1S/C17H16Cl2O2/c1-12-10-14(16(20)8-9-18)4-7-17(12)21-11-13-2-5-15(19)6-3-13/h2-7,10H,8-9,11H2,1H3. The summed E-state index contributed by atoms with van der Waals surface area (Å²) in [6.07, 6.45) is 0.353. The Labute approximate surface area is 134 Å². The summed E-state index contributed by atoms with van der Waals surface area (Å²) in [5.74, 6) is 1.16. The van der Waals surface area contributed by atoms with E-state index in [2.05, 4.69) is 0 Å². The lowest BCUT2D eigenvalue weighted by Crippen LogP contribution is -2.02. The van der Waals surface area contributed by atoms with Gasteiger partial charge in [0.05, 0.1) is 0 Å². The minimum absolute atomic E-state index is 0.0531. The molecule has 0 saturated heterocycles. The highest BCUT2D eigenvalue weighted by atomic mass is 35.5. The first-order valence-corrected chi connectivity index (χ1v) is 7.58. The Morgan fingerprint density at radius 3 is 2.48 bits per heavy atom. The third-order valence-corrected chi connectivity index (χ3v) is 3.57. The van der Waals surface area contributed by atoms with Crippen molar-refractivity contribution in [2.24, 2.45) is 0 Å². The molecule has 4 heteroatoms. The number of Topliss-reactive ketones (excluding diaryl/α,β-unsaturated/α-hetero) is 1. The highest BCUT2D eigenvalue weighted by Crippen LogP contribution is 2.21. The Balaban J connectivity index is 2.04. The van der Waals surface area contributed by atoms with Gasteiger partial charge in [-0.2, -0.15) is 0 Å². The van der Waals surface area contributed by atoms with Gasteiger partial charge in [-0.1, -0.05) is 23.7 Å². The lowest BCUT2D eigenvalue weighted by atomic mass is 10.1. The van der Waals surface area contributed by atoms with Crippen molar-refractivity contribution < 1.29 is 9.53 Å². The van der Waals surface area contributed by atoms with Gasteiger partial charge >= 0.3 is 0 Å². The molecule has 0 unspecified atom stereocenters. The topological polar surface area (TPSA) is 26.3 Å². The van der Waals surface area contributed by atoms with Gasteiger partial charge in [-0.15, -0.1) is 11.6 Å². The van der Waals surface area contributed by atoms with Gasteiger partial charge in [-0.05, 0) is 48.4 Å². The van der Waals surface area contributed by atoms with Gasteiger partial charge < -0.3 is 4.74 Å². The molecule has 2 rings (SSSR count). The predicted octanol–water partition coefficient (Wildman–Crippen LogP) is 5.04. The molecule has 0 aliphatic heterocycles. The van der Waals surface area contributed by atoms with Gasteiger partial charge in [0.25, 0.3) is 0 Å². The maximum Gasteiger partial charge on any atom is 0.164 e. The van der Waals surface area contributed by atoms with Gasteiger partial charge in [0.1, 0.15) is 12.4 Å². The summed E-state index contributed by atoms with van der Waals surface area (Å²) in [6.45, 7) is 2.39. The Bertz CT molecular complexity index is 621. The number of carbonyl (C=O) groups excluding carboxylic acids is 1. The zero-order chi connectivity index (χ0) is 15.2. The molecule has 0 N–H and O–H groups in total. The van der Waals surface area contributed by atoms with Crippen LogP contribution in [-0.4, -0.2) is 11.7 Å². The SMILES string of the molecule is Cc1cc(C(=O)CCCl)ccc1OCc1ccc(Cl)cc1. The van der Waals surface area contributed by atoms with Crippen LogP contribution in [0.1, 0.15) is 27.9 Å². The van der Waals surface area contributed by atoms with Crippen molar-refractivity contribution in [3.8, 4) is 5.75 Å². The highest BCUT2D eigenvalue weighted by molar-refractivity contribution is 6.30. The molecule has 0 radical (unpaired) electrons. The first-order valence-electron chi connectivity index (χ1n) is 6.67. The first kappa shape index (κ1) is 15.9. The second-order valence-corrected chi connectivity index (χ2v) is 5.57. The molecule has 0 aliphatic carbocycles. The normalized spacial score (nSPS) is 10.4. The highest BCUT2D eigenvalue weighted by Gasteiger charge is 2.08. The van der Waals surface area contributed by atoms with E-state index >= 15 is 0 Å². The van der Waals surface area contributed by atoms with Crippen LogP contribution in [0, 0.1) is 6.92 Å². The third-order valence-electron chi connectivity index (χ3n) is 3.13. The number of carbonyl (C=O) groups is 1. The first-order chi connectivity index (χ1) is 10.1. The summed E-state index contributed by atoms with van der Waals surface area (Å²) in [4.78, 5) is 11.8. The smallest absolute Gasteiger partial charge is 0.164 e. The number of hydrogen-bond acceptors (Lipinski definition) is 2. The lowest BCUT2D eigenvalue weighted by Gasteiger charge is -2.10. The van der Waals surface area contributed by atoms with Crippen LogP contribution in [0.25, 0.3) is 0 Å². The number of halogens is 2. The van der Waals surface area contributed by atoms with Crippen molar-refractivity contribution in [2.45, 2.75) is 20.0 Å². The monoisotopic (exact) mass is 322 g/mol. The summed E-state index contributed by atoms with van der Waals surface area (Å²) >= 11 is 11.4. The fraction of sp³-hybridized carbons (Fsp3) is 0.235. The van der Waals surface area contributed by atoms with E-state index in [-0.39, 0.29) is 5.78 Å². The van der Waals surface area contributed by atoms with Gasteiger partial charge in [-0.3, -0.25) is 4.79 Å². The molecule has 2 nitrogen and oxygen atoms in total.